The van der Waals surface area contributed by atoms with Crippen LogP contribution in [0.15, 0.2) is 48.5 Å². The maximum Gasteiger partial charge on any atom is 0.119 e. The molecule has 0 radical (unpaired) electrons. The maximum absolute atomic E-state index is 9.94. The summed E-state index contributed by atoms with van der Waals surface area (Å²) in [5.41, 5.74) is 2.08. The van der Waals surface area contributed by atoms with Gasteiger partial charge in [-0.15, -0.1) is 0 Å². The SMILES string of the molecule is CCOCC(O)COc1ccc(C(C)(C)c2ccc(OCC(O)COC(C)C)cc2)cc1. The van der Waals surface area contributed by atoms with E-state index in [2.05, 4.69) is 13.8 Å². The van der Waals surface area contributed by atoms with E-state index in [1.54, 1.807) is 0 Å². The topological polar surface area (TPSA) is 77.4 Å². The molecule has 2 aromatic carbocycles. The molecule has 2 atom stereocenters. The summed E-state index contributed by atoms with van der Waals surface area (Å²) in [4.78, 5) is 0. The normalized spacial score (nSPS) is 13.8. The maximum atomic E-state index is 9.94. The standard InChI is InChI=1S/C26H38O6/c1-6-29-15-22(27)17-31-24-11-7-20(8-12-24)26(4,5)21-9-13-25(14-10-21)32-18-23(28)16-30-19(2)3/h7-14,19,22-23,27-28H,6,15-18H2,1-5H3. The van der Waals surface area contributed by atoms with Gasteiger partial charge in [0, 0.05) is 12.0 Å². The van der Waals surface area contributed by atoms with Crippen molar-refractivity contribution in [1.29, 1.82) is 0 Å². The third-order valence-corrected chi connectivity index (χ3v) is 5.17. The second-order valence-corrected chi connectivity index (χ2v) is 8.64. The van der Waals surface area contributed by atoms with Gasteiger partial charge in [0.2, 0.25) is 0 Å². The molecule has 178 valence electrons. The fourth-order valence-corrected chi connectivity index (χ4v) is 3.14. The molecule has 0 bridgehead atoms. The van der Waals surface area contributed by atoms with Crippen molar-refractivity contribution in [2.45, 2.75) is 58.3 Å². The Bertz CT molecular complexity index is 770. The van der Waals surface area contributed by atoms with Crippen molar-refractivity contribution in [2.75, 3.05) is 33.0 Å². The molecule has 2 unspecified atom stereocenters. The van der Waals surface area contributed by atoms with E-state index in [4.69, 9.17) is 18.9 Å². The molecule has 0 aliphatic rings. The van der Waals surface area contributed by atoms with Crippen LogP contribution in [-0.2, 0) is 14.9 Å². The number of aliphatic hydroxyl groups excluding tert-OH is 2. The van der Waals surface area contributed by atoms with Crippen molar-refractivity contribution < 1.29 is 29.2 Å². The first-order valence-corrected chi connectivity index (χ1v) is 11.2. The van der Waals surface area contributed by atoms with Crippen LogP contribution in [0.3, 0.4) is 0 Å². The molecule has 2 rings (SSSR count). The molecule has 0 heterocycles. The van der Waals surface area contributed by atoms with E-state index < -0.39 is 12.2 Å². The van der Waals surface area contributed by atoms with Gasteiger partial charge in [0.05, 0.1) is 19.3 Å². The summed E-state index contributed by atoms with van der Waals surface area (Å²) >= 11 is 0. The first kappa shape index (κ1) is 26.1. The summed E-state index contributed by atoms with van der Waals surface area (Å²) in [6.45, 7) is 11.6. The lowest BCUT2D eigenvalue weighted by Gasteiger charge is -2.26. The molecule has 0 saturated heterocycles. The summed E-state index contributed by atoms with van der Waals surface area (Å²) in [6.07, 6.45) is -1.22. The highest BCUT2D eigenvalue weighted by atomic mass is 16.5. The van der Waals surface area contributed by atoms with E-state index >= 15 is 0 Å². The quantitative estimate of drug-likeness (QED) is 0.458. The van der Waals surface area contributed by atoms with Gasteiger partial charge in [-0.05, 0) is 56.2 Å². The van der Waals surface area contributed by atoms with E-state index in [9.17, 15) is 10.2 Å². The highest BCUT2D eigenvalue weighted by Gasteiger charge is 2.23. The van der Waals surface area contributed by atoms with Gasteiger partial charge < -0.3 is 29.2 Å². The fraction of sp³-hybridized carbons (Fsp3) is 0.538. The van der Waals surface area contributed by atoms with Crippen molar-refractivity contribution in [3.63, 3.8) is 0 Å². The lowest BCUT2D eigenvalue weighted by molar-refractivity contribution is -0.0122. The Balaban J connectivity index is 1.91. The van der Waals surface area contributed by atoms with Gasteiger partial charge in [-0.2, -0.15) is 0 Å². The molecule has 0 saturated carbocycles. The summed E-state index contributed by atoms with van der Waals surface area (Å²) in [6, 6.07) is 15.8. The Hall–Kier alpha value is -2.12. The Morgan fingerprint density at radius 3 is 1.56 bits per heavy atom. The van der Waals surface area contributed by atoms with Crippen LogP contribution in [0, 0.1) is 0 Å². The van der Waals surface area contributed by atoms with Crippen LogP contribution in [-0.4, -0.2) is 61.6 Å². The summed E-state index contributed by atoms with van der Waals surface area (Å²) in [5.74, 6) is 1.42. The predicted octanol–water partition coefficient (Wildman–Crippen LogP) is 3.95. The molecular formula is C26H38O6. The average Bonchev–Trinajstić information content (AvgIpc) is 2.79. The molecule has 0 fully saturated rings. The highest BCUT2D eigenvalue weighted by molar-refractivity contribution is 5.41. The van der Waals surface area contributed by atoms with Gasteiger partial charge >= 0.3 is 0 Å². The zero-order valence-electron chi connectivity index (χ0n) is 19.9. The fourth-order valence-electron chi connectivity index (χ4n) is 3.14. The number of hydrogen-bond acceptors (Lipinski definition) is 6. The Morgan fingerprint density at radius 2 is 1.16 bits per heavy atom. The molecule has 0 aromatic heterocycles. The average molecular weight is 447 g/mol. The van der Waals surface area contributed by atoms with Gasteiger partial charge in [0.1, 0.15) is 36.9 Å². The van der Waals surface area contributed by atoms with Crippen LogP contribution < -0.4 is 9.47 Å². The summed E-state index contributed by atoms with van der Waals surface area (Å²) in [7, 11) is 0. The van der Waals surface area contributed by atoms with E-state index in [0.717, 1.165) is 11.1 Å². The molecule has 6 nitrogen and oxygen atoms in total. The van der Waals surface area contributed by atoms with Crippen LogP contribution in [0.1, 0.15) is 45.7 Å². The predicted molar refractivity (Wildman–Crippen MR) is 126 cm³/mol. The minimum Gasteiger partial charge on any atom is -0.491 e. The Morgan fingerprint density at radius 1 is 0.719 bits per heavy atom. The van der Waals surface area contributed by atoms with Gasteiger partial charge in [-0.25, -0.2) is 0 Å². The van der Waals surface area contributed by atoms with E-state index in [1.807, 2.05) is 69.3 Å². The van der Waals surface area contributed by atoms with Crippen LogP contribution in [0.25, 0.3) is 0 Å². The van der Waals surface area contributed by atoms with Crippen molar-refractivity contribution in [3.8, 4) is 11.5 Å². The van der Waals surface area contributed by atoms with E-state index in [0.29, 0.717) is 18.1 Å². The zero-order chi connectivity index (χ0) is 23.6. The van der Waals surface area contributed by atoms with Crippen molar-refractivity contribution in [2.24, 2.45) is 0 Å². The number of ether oxygens (including phenoxy) is 4. The molecule has 2 aromatic rings. The summed E-state index contributed by atoms with van der Waals surface area (Å²) < 4.78 is 21.9. The molecule has 6 heteroatoms. The van der Waals surface area contributed by atoms with E-state index in [1.165, 1.54) is 0 Å². The van der Waals surface area contributed by atoms with Crippen LogP contribution >= 0.6 is 0 Å². The second-order valence-electron chi connectivity index (χ2n) is 8.64. The van der Waals surface area contributed by atoms with Crippen LogP contribution in [0.5, 0.6) is 11.5 Å². The second kappa shape index (κ2) is 12.8. The van der Waals surface area contributed by atoms with Gasteiger partial charge in [-0.3, -0.25) is 0 Å². The molecular weight excluding hydrogens is 408 g/mol. The van der Waals surface area contributed by atoms with Crippen LogP contribution in [0.4, 0.5) is 0 Å². The Labute approximate surface area is 192 Å². The van der Waals surface area contributed by atoms with E-state index in [-0.39, 0.29) is 37.9 Å². The minimum atomic E-state index is -0.658. The largest absolute Gasteiger partial charge is 0.491 e. The molecule has 0 aliphatic carbocycles. The first-order chi connectivity index (χ1) is 15.2. The lowest BCUT2D eigenvalue weighted by atomic mass is 9.78. The zero-order valence-corrected chi connectivity index (χ0v) is 19.9. The number of benzene rings is 2. The first-order valence-electron chi connectivity index (χ1n) is 11.2. The molecule has 0 aliphatic heterocycles. The highest BCUT2D eigenvalue weighted by Crippen LogP contribution is 2.33. The number of hydrogen-bond donors (Lipinski definition) is 2. The monoisotopic (exact) mass is 446 g/mol. The third-order valence-electron chi connectivity index (χ3n) is 5.17. The summed E-state index contributed by atoms with van der Waals surface area (Å²) in [5, 5.41) is 19.8. The van der Waals surface area contributed by atoms with Crippen LogP contribution in [0.2, 0.25) is 0 Å². The Kier molecular flexibility index (Phi) is 10.5. The molecule has 0 amide bonds. The smallest absolute Gasteiger partial charge is 0.119 e. The van der Waals surface area contributed by atoms with Gasteiger partial charge in [0.15, 0.2) is 0 Å². The minimum absolute atomic E-state index is 0.0822. The molecule has 0 spiro atoms. The van der Waals surface area contributed by atoms with Crippen molar-refractivity contribution in [1.82, 2.24) is 0 Å². The van der Waals surface area contributed by atoms with Gasteiger partial charge in [0.25, 0.3) is 0 Å². The molecule has 32 heavy (non-hydrogen) atoms. The molecule has 2 N–H and O–H groups in total. The van der Waals surface area contributed by atoms with Crippen molar-refractivity contribution in [3.05, 3.63) is 59.7 Å². The lowest BCUT2D eigenvalue weighted by Crippen LogP contribution is -2.25. The van der Waals surface area contributed by atoms with Gasteiger partial charge in [-0.1, -0.05) is 38.1 Å². The van der Waals surface area contributed by atoms with Crippen molar-refractivity contribution >= 4 is 0 Å². The third kappa shape index (κ3) is 8.43. The number of aliphatic hydroxyl groups is 2. The number of rotatable bonds is 14.